The van der Waals surface area contributed by atoms with Crippen molar-refractivity contribution in [3.63, 3.8) is 0 Å². The first-order valence-corrected chi connectivity index (χ1v) is 8.63. The highest BCUT2D eigenvalue weighted by molar-refractivity contribution is 7.89. The molecular formula is C15H19N3O3S. The van der Waals surface area contributed by atoms with Crippen LogP contribution in [-0.4, -0.2) is 25.3 Å². The van der Waals surface area contributed by atoms with Crippen LogP contribution in [-0.2, 0) is 17.1 Å². The SMILES string of the molecule is COc1ccc(C(NS(=O)(=O)c2cnn(C)c2)C2CC2)cc1. The number of hydrogen-bond acceptors (Lipinski definition) is 4. The molecule has 3 rings (SSSR count). The van der Waals surface area contributed by atoms with E-state index in [1.807, 2.05) is 24.3 Å². The number of benzene rings is 1. The first kappa shape index (κ1) is 15.1. The van der Waals surface area contributed by atoms with E-state index in [-0.39, 0.29) is 10.9 Å². The van der Waals surface area contributed by atoms with Gasteiger partial charge in [0, 0.05) is 19.3 Å². The van der Waals surface area contributed by atoms with E-state index in [2.05, 4.69) is 9.82 Å². The quantitative estimate of drug-likeness (QED) is 0.881. The number of nitrogens with zero attached hydrogens (tertiary/aromatic N) is 2. The Morgan fingerprint density at radius 1 is 1.32 bits per heavy atom. The number of methoxy groups -OCH3 is 1. The summed E-state index contributed by atoms with van der Waals surface area (Å²) in [6.07, 6.45) is 4.93. The van der Waals surface area contributed by atoms with Crippen LogP contribution in [0, 0.1) is 5.92 Å². The van der Waals surface area contributed by atoms with Crippen molar-refractivity contribution in [3.8, 4) is 5.75 Å². The third-order valence-corrected chi connectivity index (χ3v) is 5.24. The zero-order chi connectivity index (χ0) is 15.7. The predicted molar refractivity (Wildman–Crippen MR) is 82.0 cm³/mol. The molecule has 1 fully saturated rings. The second-order valence-corrected chi connectivity index (χ2v) is 7.27. The number of sulfonamides is 1. The highest BCUT2D eigenvalue weighted by atomic mass is 32.2. The minimum absolute atomic E-state index is 0.189. The summed E-state index contributed by atoms with van der Waals surface area (Å²) in [4.78, 5) is 0.189. The number of hydrogen-bond donors (Lipinski definition) is 1. The van der Waals surface area contributed by atoms with Crippen molar-refractivity contribution in [1.82, 2.24) is 14.5 Å². The lowest BCUT2D eigenvalue weighted by molar-refractivity contribution is 0.414. The van der Waals surface area contributed by atoms with Crippen LogP contribution >= 0.6 is 0 Å². The first-order valence-electron chi connectivity index (χ1n) is 7.14. The van der Waals surface area contributed by atoms with Crippen LogP contribution in [0.25, 0.3) is 0 Å². The Hall–Kier alpha value is -1.86. The molecule has 1 unspecified atom stereocenters. The van der Waals surface area contributed by atoms with Gasteiger partial charge in [-0.25, -0.2) is 13.1 Å². The maximum absolute atomic E-state index is 12.5. The Balaban J connectivity index is 1.85. The zero-order valence-corrected chi connectivity index (χ0v) is 13.4. The lowest BCUT2D eigenvalue weighted by Gasteiger charge is -2.18. The molecule has 2 aromatic rings. The summed E-state index contributed by atoms with van der Waals surface area (Å²) in [6, 6.07) is 7.31. The molecule has 1 heterocycles. The molecule has 0 bridgehead atoms. The molecule has 1 aromatic heterocycles. The Kier molecular flexibility index (Phi) is 3.92. The summed E-state index contributed by atoms with van der Waals surface area (Å²) < 4.78 is 34.4. The van der Waals surface area contributed by atoms with Crippen LogP contribution in [0.4, 0.5) is 0 Å². The zero-order valence-electron chi connectivity index (χ0n) is 12.6. The summed E-state index contributed by atoms with van der Waals surface area (Å²) in [5, 5.41) is 3.93. The molecule has 22 heavy (non-hydrogen) atoms. The summed E-state index contributed by atoms with van der Waals surface area (Å²) in [7, 11) is -0.267. The molecule has 1 saturated carbocycles. The number of nitrogens with one attached hydrogen (secondary N) is 1. The average Bonchev–Trinajstić information content (AvgIpc) is 3.25. The molecule has 1 N–H and O–H groups in total. The van der Waals surface area contributed by atoms with E-state index in [0.29, 0.717) is 5.92 Å². The van der Waals surface area contributed by atoms with Crippen molar-refractivity contribution in [2.45, 2.75) is 23.8 Å². The van der Waals surface area contributed by atoms with Gasteiger partial charge < -0.3 is 4.74 Å². The van der Waals surface area contributed by atoms with Gasteiger partial charge in [0.2, 0.25) is 10.0 Å². The van der Waals surface area contributed by atoms with E-state index in [1.165, 1.54) is 17.1 Å². The van der Waals surface area contributed by atoms with E-state index in [9.17, 15) is 8.42 Å². The van der Waals surface area contributed by atoms with Crippen LogP contribution < -0.4 is 9.46 Å². The van der Waals surface area contributed by atoms with Gasteiger partial charge in [-0.05, 0) is 36.5 Å². The van der Waals surface area contributed by atoms with Gasteiger partial charge in [-0.15, -0.1) is 0 Å². The van der Waals surface area contributed by atoms with Crippen molar-refractivity contribution in [2.24, 2.45) is 13.0 Å². The maximum Gasteiger partial charge on any atom is 0.244 e. The van der Waals surface area contributed by atoms with E-state index < -0.39 is 10.0 Å². The van der Waals surface area contributed by atoms with Crippen molar-refractivity contribution >= 4 is 10.0 Å². The van der Waals surface area contributed by atoms with E-state index in [1.54, 1.807) is 14.2 Å². The van der Waals surface area contributed by atoms with Crippen molar-refractivity contribution in [1.29, 1.82) is 0 Å². The molecule has 0 saturated heterocycles. The molecule has 1 aromatic carbocycles. The molecule has 0 radical (unpaired) electrons. The topological polar surface area (TPSA) is 73.2 Å². The largest absolute Gasteiger partial charge is 0.497 e. The van der Waals surface area contributed by atoms with Gasteiger partial charge in [-0.3, -0.25) is 4.68 Å². The van der Waals surface area contributed by atoms with Gasteiger partial charge in [-0.2, -0.15) is 5.10 Å². The summed E-state index contributed by atoms with van der Waals surface area (Å²) in [5.74, 6) is 1.10. The predicted octanol–water partition coefficient (Wildman–Crippen LogP) is 1.86. The van der Waals surface area contributed by atoms with E-state index >= 15 is 0 Å². The highest BCUT2D eigenvalue weighted by Gasteiger charge is 2.35. The van der Waals surface area contributed by atoms with Crippen molar-refractivity contribution < 1.29 is 13.2 Å². The molecule has 7 heteroatoms. The van der Waals surface area contributed by atoms with Crippen LogP contribution in [0.1, 0.15) is 24.4 Å². The van der Waals surface area contributed by atoms with Gasteiger partial charge in [-0.1, -0.05) is 12.1 Å². The standard InChI is InChI=1S/C15H19N3O3S/c1-18-10-14(9-16-18)22(19,20)17-15(11-3-4-11)12-5-7-13(21-2)8-6-12/h5-11,15,17H,3-4H2,1-2H3. The minimum atomic E-state index is -3.57. The average molecular weight is 321 g/mol. The van der Waals surface area contributed by atoms with Crippen molar-refractivity contribution in [3.05, 3.63) is 42.2 Å². The molecule has 1 aliphatic rings. The first-order chi connectivity index (χ1) is 10.5. The molecule has 0 spiro atoms. The van der Waals surface area contributed by atoms with Gasteiger partial charge in [0.1, 0.15) is 10.6 Å². The Labute approximate surface area is 130 Å². The lowest BCUT2D eigenvalue weighted by atomic mass is 10.0. The fourth-order valence-electron chi connectivity index (χ4n) is 2.45. The Bertz CT molecular complexity index is 749. The normalized spacial score (nSPS) is 16.5. The minimum Gasteiger partial charge on any atom is -0.497 e. The molecule has 1 atom stereocenters. The van der Waals surface area contributed by atoms with Gasteiger partial charge in [0.25, 0.3) is 0 Å². The van der Waals surface area contributed by atoms with Crippen LogP contribution in [0.15, 0.2) is 41.6 Å². The third kappa shape index (κ3) is 3.15. The summed E-state index contributed by atoms with van der Waals surface area (Å²) >= 11 is 0. The number of ether oxygens (including phenoxy) is 1. The van der Waals surface area contributed by atoms with E-state index in [4.69, 9.17) is 4.74 Å². The molecule has 6 nitrogen and oxygen atoms in total. The second-order valence-electron chi connectivity index (χ2n) is 5.56. The number of aryl methyl sites for hydroxylation is 1. The Morgan fingerprint density at radius 3 is 2.50 bits per heavy atom. The highest BCUT2D eigenvalue weighted by Crippen LogP contribution is 2.42. The van der Waals surface area contributed by atoms with E-state index in [0.717, 1.165) is 24.2 Å². The second kappa shape index (κ2) is 5.73. The monoisotopic (exact) mass is 321 g/mol. The number of rotatable bonds is 6. The molecule has 1 aliphatic carbocycles. The summed E-state index contributed by atoms with van der Waals surface area (Å²) in [6.45, 7) is 0. The molecule has 0 amide bonds. The summed E-state index contributed by atoms with van der Waals surface area (Å²) in [5.41, 5.74) is 0.954. The smallest absolute Gasteiger partial charge is 0.244 e. The van der Waals surface area contributed by atoms with Crippen LogP contribution in [0.5, 0.6) is 5.75 Å². The van der Waals surface area contributed by atoms with Gasteiger partial charge >= 0.3 is 0 Å². The third-order valence-electron chi connectivity index (χ3n) is 3.84. The van der Waals surface area contributed by atoms with Crippen LogP contribution in [0.2, 0.25) is 0 Å². The van der Waals surface area contributed by atoms with Crippen molar-refractivity contribution in [2.75, 3.05) is 7.11 Å². The van der Waals surface area contributed by atoms with Gasteiger partial charge in [0.05, 0.1) is 13.3 Å². The fourth-order valence-corrected chi connectivity index (χ4v) is 3.73. The maximum atomic E-state index is 12.5. The lowest BCUT2D eigenvalue weighted by Crippen LogP contribution is -2.29. The molecule has 118 valence electrons. The molecular weight excluding hydrogens is 302 g/mol. The Morgan fingerprint density at radius 2 is 2.00 bits per heavy atom. The molecule has 0 aliphatic heterocycles. The van der Waals surface area contributed by atoms with Crippen LogP contribution in [0.3, 0.4) is 0 Å². The number of aromatic nitrogens is 2. The fraction of sp³-hybridized carbons (Fsp3) is 0.400. The van der Waals surface area contributed by atoms with Gasteiger partial charge in [0.15, 0.2) is 0 Å².